The van der Waals surface area contributed by atoms with Gasteiger partial charge in [0.05, 0.1) is 18.4 Å². The van der Waals surface area contributed by atoms with Crippen molar-refractivity contribution in [1.29, 1.82) is 0 Å². The van der Waals surface area contributed by atoms with Crippen molar-refractivity contribution in [2.75, 3.05) is 19.7 Å². The molecule has 2 aliphatic rings. The van der Waals surface area contributed by atoms with Gasteiger partial charge in [0.2, 0.25) is 0 Å². The standard InChI is InChI=1S/C13H17N3O2/c1-9-7-16(2-3-18-9)8-11-4-12-10(5-14-11)6-15-13(12)17/h4-5,9H,2-3,6-8H2,1H3,(H,15,17)/t9-/m1/s1. The summed E-state index contributed by atoms with van der Waals surface area (Å²) in [5, 5.41) is 2.81. The molecule has 1 aromatic heterocycles. The van der Waals surface area contributed by atoms with Gasteiger partial charge in [0.25, 0.3) is 5.91 Å². The molecule has 2 aliphatic heterocycles. The van der Waals surface area contributed by atoms with Gasteiger partial charge in [-0.15, -0.1) is 0 Å². The molecule has 0 aromatic carbocycles. The number of carbonyl (C=O) groups excluding carboxylic acids is 1. The van der Waals surface area contributed by atoms with Crippen LogP contribution in [0.15, 0.2) is 12.3 Å². The largest absolute Gasteiger partial charge is 0.376 e. The van der Waals surface area contributed by atoms with Crippen molar-refractivity contribution in [1.82, 2.24) is 15.2 Å². The molecule has 5 nitrogen and oxygen atoms in total. The minimum Gasteiger partial charge on any atom is -0.376 e. The summed E-state index contributed by atoms with van der Waals surface area (Å²) in [4.78, 5) is 18.3. The predicted molar refractivity (Wildman–Crippen MR) is 66.1 cm³/mol. The molecule has 1 amide bonds. The molecule has 3 rings (SSSR count). The molecule has 1 N–H and O–H groups in total. The summed E-state index contributed by atoms with van der Waals surface area (Å²) in [6, 6.07) is 1.91. The lowest BCUT2D eigenvalue weighted by Gasteiger charge is -2.30. The van der Waals surface area contributed by atoms with Gasteiger partial charge in [0, 0.05) is 43.5 Å². The summed E-state index contributed by atoms with van der Waals surface area (Å²) < 4.78 is 5.51. The highest BCUT2D eigenvalue weighted by atomic mass is 16.5. The quantitative estimate of drug-likeness (QED) is 0.829. The van der Waals surface area contributed by atoms with Crippen LogP contribution in [0.1, 0.15) is 28.5 Å². The van der Waals surface area contributed by atoms with Gasteiger partial charge < -0.3 is 10.1 Å². The predicted octanol–water partition coefficient (Wildman–Crippen LogP) is 0.546. The second-order valence-electron chi connectivity index (χ2n) is 4.93. The van der Waals surface area contributed by atoms with Crippen LogP contribution in [-0.4, -0.2) is 41.6 Å². The van der Waals surface area contributed by atoms with Gasteiger partial charge in [0.1, 0.15) is 0 Å². The monoisotopic (exact) mass is 247 g/mol. The van der Waals surface area contributed by atoms with Crippen molar-refractivity contribution in [3.8, 4) is 0 Å². The highest BCUT2D eigenvalue weighted by Gasteiger charge is 2.21. The number of pyridine rings is 1. The molecular weight excluding hydrogens is 230 g/mol. The lowest BCUT2D eigenvalue weighted by atomic mass is 10.1. The van der Waals surface area contributed by atoms with Crippen molar-refractivity contribution in [2.45, 2.75) is 26.1 Å². The van der Waals surface area contributed by atoms with Crippen molar-refractivity contribution >= 4 is 5.91 Å². The van der Waals surface area contributed by atoms with E-state index in [0.717, 1.165) is 43.1 Å². The molecule has 1 aromatic rings. The van der Waals surface area contributed by atoms with E-state index in [1.807, 2.05) is 12.3 Å². The summed E-state index contributed by atoms with van der Waals surface area (Å²) in [5.41, 5.74) is 2.74. The van der Waals surface area contributed by atoms with Gasteiger partial charge in [-0.3, -0.25) is 14.7 Å². The Morgan fingerprint density at radius 3 is 3.33 bits per heavy atom. The summed E-state index contributed by atoms with van der Waals surface area (Å²) in [5.74, 6) is 0.0176. The van der Waals surface area contributed by atoms with Crippen LogP contribution in [0.25, 0.3) is 0 Å². The lowest BCUT2D eigenvalue weighted by molar-refractivity contribution is -0.0215. The van der Waals surface area contributed by atoms with Crippen LogP contribution in [0.2, 0.25) is 0 Å². The molecule has 0 radical (unpaired) electrons. The van der Waals surface area contributed by atoms with E-state index in [1.54, 1.807) is 0 Å². The van der Waals surface area contributed by atoms with E-state index in [2.05, 4.69) is 22.1 Å². The van der Waals surface area contributed by atoms with Gasteiger partial charge in [-0.2, -0.15) is 0 Å². The van der Waals surface area contributed by atoms with E-state index in [1.165, 1.54) is 0 Å². The van der Waals surface area contributed by atoms with E-state index in [-0.39, 0.29) is 12.0 Å². The number of aromatic nitrogens is 1. The van der Waals surface area contributed by atoms with Crippen LogP contribution in [0.3, 0.4) is 0 Å². The number of ether oxygens (including phenoxy) is 1. The number of nitrogens with one attached hydrogen (secondary N) is 1. The first kappa shape index (κ1) is 11.6. The Bertz CT molecular complexity index is 475. The average molecular weight is 247 g/mol. The molecular formula is C13H17N3O2. The van der Waals surface area contributed by atoms with Crippen LogP contribution in [0.5, 0.6) is 0 Å². The van der Waals surface area contributed by atoms with E-state index >= 15 is 0 Å². The van der Waals surface area contributed by atoms with Crippen LogP contribution >= 0.6 is 0 Å². The van der Waals surface area contributed by atoms with Crippen LogP contribution in [0.4, 0.5) is 0 Å². The van der Waals surface area contributed by atoms with Gasteiger partial charge in [0.15, 0.2) is 0 Å². The number of hydrogen-bond acceptors (Lipinski definition) is 4. The minimum atomic E-state index is 0.0176. The molecule has 1 fully saturated rings. The van der Waals surface area contributed by atoms with Crippen molar-refractivity contribution < 1.29 is 9.53 Å². The second kappa shape index (κ2) is 4.66. The van der Waals surface area contributed by atoms with Crippen LogP contribution in [0, 0.1) is 0 Å². The summed E-state index contributed by atoms with van der Waals surface area (Å²) >= 11 is 0. The molecule has 1 atom stereocenters. The fraction of sp³-hybridized carbons (Fsp3) is 0.538. The van der Waals surface area contributed by atoms with Crippen molar-refractivity contribution in [2.24, 2.45) is 0 Å². The number of nitrogens with zero attached hydrogens (tertiary/aromatic N) is 2. The smallest absolute Gasteiger partial charge is 0.252 e. The van der Waals surface area contributed by atoms with Gasteiger partial charge in [-0.25, -0.2) is 0 Å². The van der Waals surface area contributed by atoms with E-state index in [9.17, 15) is 4.79 Å². The number of hydrogen-bond donors (Lipinski definition) is 1. The molecule has 0 unspecified atom stereocenters. The second-order valence-corrected chi connectivity index (χ2v) is 4.93. The molecule has 0 bridgehead atoms. The fourth-order valence-corrected chi connectivity index (χ4v) is 2.50. The average Bonchev–Trinajstić information content (AvgIpc) is 2.71. The third-order valence-electron chi connectivity index (χ3n) is 3.44. The Balaban J connectivity index is 1.73. The Labute approximate surface area is 106 Å². The Morgan fingerprint density at radius 1 is 1.61 bits per heavy atom. The number of carbonyl (C=O) groups is 1. The summed E-state index contributed by atoms with van der Waals surface area (Å²) in [7, 11) is 0. The molecule has 0 aliphatic carbocycles. The van der Waals surface area contributed by atoms with E-state index in [0.29, 0.717) is 6.54 Å². The SMILES string of the molecule is C[C@@H]1CN(Cc2cc3c(cn2)CNC3=O)CCO1. The number of amides is 1. The zero-order valence-corrected chi connectivity index (χ0v) is 10.5. The first-order valence-electron chi connectivity index (χ1n) is 6.32. The van der Waals surface area contributed by atoms with E-state index in [4.69, 9.17) is 4.74 Å². The normalized spacial score (nSPS) is 23.8. The fourth-order valence-electron chi connectivity index (χ4n) is 2.50. The van der Waals surface area contributed by atoms with Crippen LogP contribution in [-0.2, 0) is 17.8 Å². The van der Waals surface area contributed by atoms with Gasteiger partial charge in [-0.05, 0) is 13.0 Å². The Kier molecular flexibility index (Phi) is 3.01. The summed E-state index contributed by atoms with van der Waals surface area (Å²) in [6.07, 6.45) is 2.09. The van der Waals surface area contributed by atoms with Crippen LogP contribution < -0.4 is 5.32 Å². The first-order chi connectivity index (χ1) is 8.72. The first-order valence-corrected chi connectivity index (χ1v) is 6.32. The highest BCUT2D eigenvalue weighted by molar-refractivity contribution is 5.98. The number of fused-ring (bicyclic) bond motifs is 1. The van der Waals surface area contributed by atoms with Gasteiger partial charge in [-0.1, -0.05) is 0 Å². The summed E-state index contributed by atoms with van der Waals surface area (Å²) in [6.45, 7) is 6.09. The molecule has 3 heterocycles. The molecule has 1 saturated heterocycles. The molecule has 0 saturated carbocycles. The number of rotatable bonds is 2. The third kappa shape index (κ3) is 2.23. The van der Waals surface area contributed by atoms with Gasteiger partial charge >= 0.3 is 0 Å². The number of morpholine rings is 1. The maximum atomic E-state index is 11.6. The Hall–Kier alpha value is -1.46. The maximum absolute atomic E-state index is 11.6. The third-order valence-corrected chi connectivity index (χ3v) is 3.44. The van der Waals surface area contributed by atoms with Crippen molar-refractivity contribution in [3.63, 3.8) is 0 Å². The Morgan fingerprint density at radius 2 is 2.50 bits per heavy atom. The highest BCUT2D eigenvalue weighted by Crippen LogP contribution is 2.16. The van der Waals surface area contributed by atoms with Crippen molar-refractivity contribution in [3.05, 3.63) is 29.1 Å². The minimum absolute atomic E-state index is 0.0176. The molecule has 96 valence electrons. The van der Waals surface area contributed by atoms with E-state index < -0.39 is 0 Å². The molecule has 5 heteroatoms. The zero-order chi connectivity index (χ0) is 12.5. The lowest BCUT2D eigenvalue weighted by Crippen LogP contribution is -2.40. The molecule has 18 heavy (non-hydrogen) atoms. The topological polar surface area (TPSA) is 54.5 Å². The zero-order valence-electron chi connectivity index (χ0n) is 10.5. The molecule has 0 spiro atoms. The maximum Gasteiger partial charge on any atom is 0.252 e.